The van der Waals surface area contributed by atoms with Gasteiger partial charge in [-0.1, -0.05) is 12.1 Å². The third-order valence-electron chi connectivity index (χ3n) is 2.93. The van der Waals surface area contributed by atoms with Gasteiger partial charge in [-0.15, -0.1) is 0 Å². The van der Waals surface area contributed by atoms with Gasteiger partial charge in [-0.05, 0) is 17.7 Å². The molecule has 24 heavy (non-hydrogen) atoms. The lowest BCUT2D eigenvalue weighted by atomic mass is 10.0. The molecule has 3 amide bonds. The second kappa shape index (κ2) is 9.13. The average molecular weight is 337 g/mol. The Morgan fingerprint density at radius 3 is 2.21 bits per heavy atom. The Kier molecular flexibility index (Phi) is 7.21. The fraction of sp³-hybridized carbons (Fsp3) is 0.333. The number of nitrogens with one attached hydrogen (secondary N) is 3. The maximum atomic E-state index is 12.1. The highest BCUT2D eigenvalue weighted by molar-refractivity contribution is 5.91. The number of benzene rings is 1. The summed E-state index contributed by atoms with van der Waals surface area (Å²) in [6, 6.07) is 5.22. The number of amides is 3. The van der Waals surface area contributed by atoms with Crippen LogP contribution in [0.1, 0.15) is 12.5 Å². The van der Waals surface area contributed by atoms with Gasteiger partial charge in [-0.25, -0.2) is 0 Å². The highest BCUT2D eigenvalue weighted by Gasteiger charge is 2.20. The summed E-state index contributed by atoms with van der Waals surface area (Å²) in [4.78, 5) is 45.1. The van der Waals surface area contributed by atoms with Gasteiger partial charge >= 0.3 is 5.97 Å². The average Bonchev–Trinajstić information content (AvgIpc) is 2.51. The quantitative estimate of drug-likeness (QED) is 0.401. The molecular formula is C15H19N3O6. The maximum Gasteiger partial charge on any atom is 0.322 e. The van der Waals surface area contributed by atoms with Crippen LogP contribution in [0.3, 0.4) is 0 Å². The van der Waals surface area contributed by atoms with E-state index in [1.54, 1.807) is 12.1 Å². The molecule has 0 saturated carbocycles. The predicted molar refractivity (Wildman–Crippen MR) is 83.1 cm³/mol. The van der Waals surface area contributed by atoms with Crippen molar-refractivity contribution in [1.29, 1.82) is 0 Å². The number of rotatable bonds is 8. The molecule has 5 N–H and O–H groups in total. The first-order chi connectivity index (χ1) is 11.3. The first-order valence-electron chi connectivity index (χ1n) is 7.09. The van der Waals surface area contributed by atoms with E-state index in [1.807, 2.05) is 0 Å². The molecule has 0 saturated heterocycles. The molecule has 1 rings (SSSR count). The Bertz CT molecular complexity index is 614. The van der Waals surface area contributed by atoms with Crippen molar-refractivity contribution < 1.29 is 29.4 Å². The molecule has 0 aliphatic rings. The molecule has 1 atom stereocenters. The monoisotopic (exact) mass is 337 g/mol. The van der Waals surface area contributed by atoms with E-state index in [0.29, 0.717) is 5.56 Å². The van der Waals surface area contributed by atoms with Crippen LogP contribution in [0.25, 0.3) is 0 Å². The fourth-order valence-electron chi connectivity index (χ4n) is 1.85. The summed E-state index contributed by atoms with van der Waals surface area (Å²) in [6.07, 6.45) is 0.169. The molecule has 0 fully saturated rings. The van der Waals surface area contributed by atoms with Crippen molar-refractivity contribution in [3.05, 3.63) is 29.8 Å². The molecule has 1 aromatic carbocycles. The topological polar surface area (TPSA) is 145 Å². The maximum absolute atomic E-state index is 12.1. The van der Waals surface area contributed by atoms with Crippen molar-refractivity contribution in [2.75, 3.05) is 13.1 Å². The smallest absolute Gasteiger partial charge is 0.322 e. The van der Waals surface area contributed by atoms with Gasteiger partial charge < -0.3 is 26.2 Å². The predicted octanol–water partition coefficient (Wildman–Crippen LogP) is -1.24. The highest BCUT2D eigenvalue weighted by Crippen LogP contribution is 2.11. The first kappa shape index (κ1) is 18.9. The molecule has 0 heterocycles. The summed E-state index contributed by atoms with van der Waals surface area (Å²) in [5.41, 5.74) is 0.706. The van der Waals surface area contributed by atoms with Crippen LogP contribution in [0.2, 0.25) is 0 Å². The van der Waals surface area contributed by atoms with E-state index in [9.17, 15) is 24.3 Å². The van der Waals surface area contributed by atoms with Gasteiger partial charge in [-0.3, -0.25) is 19.2 Å². The van der Waals surface area contributed by atoms with E-state index in [-0.39, 0.29) is 12.2 Å². The van der Waals surface area contributed by atoms with Crippen LogP contribution in [-0.2, 0) is 25.6 Å². The number of hydrogen-bond acceptors (Lipinski definition) is 5. The third-order valence-corrected chi connectivity index (χ3v) is 2.93. The molecule has 130 valence electrons. The number of carbonyl (C=O) groups is 4. The van der Waals surface area contributed by atoms with Crippen molar-refractivity contribution in [2.24, 2.45) is 0 Å². The van der Waals surface area contributed by atoms with Crippen LogP contribution in [0.4, 0.5) is 0 Å². The van der Waals surface area contributed by atoms with Gasteiger partial charge in [0.1, 0.15) is 18.3 Å². The van der Waals surface area contributed by atoms with Gasteiger partial charge in [-0.2, -0.15) is 0 Å². The van der Waals surface area contributed by atoms with E-state index in [4.69, 9.17) is 5.11 Å². The molecule has 0 radical (unpaired) electrons. The zero-order chi connectivity index (χ0) is 18.1. The Balaban J connectivity index is 2.61. The zero-order valence-corrected chi connectivity index (χ0v) is 13.0. The fourth-order valence-corrected chi connectivity index (χ4v) is 1.85. The number of carboxylic acids is 1. The largest absolute Gasteiger partial charge is 0.508 e. The van der Waals surface area contributed by atoms with Crippen LogP contribution in [-0.4, -0.2) is 53.0 Å². The number of carboxylic acid groups (broad SMARTS) is 1. The lowest BCUT2D eigenvalue weighted by Crippen LogP contribution is -2.49. The molecule has 1 aromatic rings. The Morgan fingerprint density at radius 2 is 1.67 bits per heavy atom. The molecule has 9 heteroatoms. The summed E-state index contributed by atoms with van der Waals surface area (Å²) in [7, 11) is 0. The summed E-state index contributed by atoms with van der Waals surface area (Å²) in [5.74, 6) is -2.77. The number of hydrogen-bond donors (Lipinski definition) is 5. The van der Waals surface area contributed by atoms with Gasteiger partial charge in [0.05, 0.1) is 6.54 Å². The Labute approximate surface area is 138 Å². The van der Waals surface area contributed by atoms with Crippen LogP contribution in [0, 0.1) is 0 Å². The number of phenols is 1. The molecular weight excluding hydrogens is 318 g/mol. The second-order valence-corrected chi connectivity index (χ2v) is 5.01. The molecule has 0 aromatic heterocycles. The van der Waals surface area contributed by atoms with Crippen molar-refractivity contribution >= 4 is 23.7 Å². The van der Waals surface area contributed by atoms with Crippen molar-refractivity contribution in [3.8, 4) is 5.75 Å². The van der Waals surface area contributed by atoms with Gasteiger partial charge in [0, 0.05) is 13.3 Å². The van der Waals surface area contributed by atoms with Crippen molar-refractivity contribution in [1.82, 2.24) is 16.0 Å². The number of aromatic hydroxyl groups is 1. The second-order valence-electron chi connectivity index (χ2n) is 5.01. The standard InChI is InChI=1S/C15H19N3O6/c1-9(19)18-12(6-10-2-4-11(20)5-3-10)15(24)17-7-13(21)16-8-14(22)23/h2-5,12,20H,6-8H2,1H3,(H,16,21)(H,17,24)(H,18,19)(H,22,23)/t12-/m0/s1. The summed E-state index contributed by atoms with van der Waals surface area (Å²) in [5, 5.41) is 24.6. The minimum absolute atomic E-state index is 0.0781. The van der Waals surface area contributed by atoms with Crippen LogP contribution < -0.4 is 16.0 Å². The van der Waals surface area contributed by atoms with Crippen molar-refractivity contribution in [2.45, 2.75) is 19.4 Å². The molecule has 0 aliphatic carbocycles. The van der Waals surface area contributed by atoms with E-state index in [0.717, 1.165) is 0 Å². The third kappa shape index (κ3) is 7.25. The van der Waals surface area contributed by atoms with E-state index >= 15 is 0 Å². The summed E-state index contributed by atoms with van der Waals surface area (Å²) < 4.78 is 0. The van der Waals surface area contributed by atoms with E-state index < -0.39 is 42.8 Å². The normalized spacial score (nSPS) is 11.2. The molecule has 9 nitrogen and oxygen atoms in total. The van der Waals surface area contributed by atoms with E-state index in [2.05, 4.69) is 16.0 Å². The van der Waals surface area contributed by atoms with Gasteiger partial charge in [0.25, 0.3) is 0 Å². The van der Waals surface area contributed by atoms with Gasteiger partial charge in [0.2, 0.25) is 17.7 Å². The molecule has 0 spiro atoms. The first-order valence-corrected chi connectivity index (χ1v) is 7.09. The van der Waals surface area contributed by atoms with Crippen LogP contribution in [0.15, 0.2) is 24.3 Å². The Hall–Kier alpha value is -3.10. The number of carbonyl (C=O) groups excluding carboxylic acids is 3. The lowest BCUT2D eigenvalue weighted by Gasteiger charge is -2.17. The van der Waals surface area contributed by atoms with E-state index in [1.165, 1.54) is 19.1 Å². The minimum atomic E-state index is -1.20. The highest BCUT2D eigenvalue weighted by atomic mass is 16.4. The molecule has 0 aliphatic heterocycles. The lowest BCUT2D eigenvalue weighted by molar-refractivity contribution is -0.138. The molecule has 0 bridgehead atoms. The molecule has 0 unspecified atom stereocenters. The van der Waals surface area contributed by atoms with Crippen LogP contribution >= 0.6 is 0 Å². The Morgan fingerprint density at radius 1 is 1.04 bits per heavy atom. The van der Waals surface area contributed by atoms with Crippen molar-refractivity contribution in [3.63, 3.8) is 0 Å². The summed E-state index contributed by atoms with van der Waals surface area (Å²) >= 11 is 0. The van der Waals surface area contributed by atoms with Gasteiger partial charge in [0.15, 0.2) is 0 Å². The summed E-state index contributed by atoms with van der Waals surface area (Å²) in [6.45, 7) is 0.311. The SMILES string of the molecule is CC(=O)N[C@@H](Cc1ccc(O)cc1)C(=O)NCC(=O)NCC(=O)O. The van der Waals surface area contributed by atoms with Crippen LogP contribution in [0.5, 0.6) is 5.75 Å². The number of phenolic OH excluding ortho intramolecular Hbond substituents is 1. The minimum Gasteiger partial charge on any atom is -0.508 e. The zero-order valence-electron chi connectivity index (χ0n) is 13.0. The number of aliphatic carboxylic acids is 1.